The summed E-state index contributed by atoms with van der Waals surface area (Å²) in [7, 11) is -5.02. The third-order valence-electron chi connectivity index (χ3n) is 2.69. The van der Waals surface area contributed by atoms with Crippen molar-refractivity contribution in [1.29, 1.82) is 0 Å². The Bertz CT molecular complexity index is 860. The van der Waals surface area contributed by atoms with E-state index in [1.807, 2.05) is 30.3 Å². The third-order valence-corrected chi connectivity index (χ3v) is 3.08. The average molecular weight is 292 g/mol. The van der Waals surface area contributed by atoms with Gasteiger partial charge in [0.05, 0.1) is 11.9 Å². The first kappa shape index (κ1) is 12.6. The van der Waals surface area contributed by atoms with Gasteiger partial charge in [0.25, 0.3) is 0 Å². The van der Waals surface area contributed by atoms with Crippen molar-refractivity contribution in [2.24, 2.45) is 0 Å². The van der Waals surface area contributed by atoms with Gasteiger partial charge in [0.1, 0.15) is 5.65 Å². The number of imidazole rings is 1. The zero-order valence-electron chi connectivity index (χ0n) is 10.1. The Balaban J connectivity index is 2.04. The van der Waals surface area contributed by atoms with E-state index < -0.39 is 10.5 Å². The lowest BCUT2D eigenvalue weighted by Gasteiger charge is -1.99. The van der Waals surface area contributed by atoms with Gasteiger partial charge in [-0.1, -0.05) is 34.2 Å². The SMILES string of the molecule is O=S(=O)(F)Oc1ccc2nc(-c3ccccc3)cn2c1. The van der Waals surface area contributed by atoms with Crippen molar-refractivity contribution in [3.63, 3.8) is 0 Å². The van der Waals surface area contributed by atoms with Gasteiger partial charge < -0.3 is 8.58 Å². The zero-order chi connectivity index (χ0) is 14.2. The van der Waals surface area contributed by atoms with Gasteiger partial charge in [-0.05, 0) is 12.1 Å². The molecule has 0 atom stereocenters. The Kier molecular flexibility index (Phi) is 2.90. The van der Waals surface area contributed by atoms with Crippen LogP contribution >= 0.6 is 0 Å². The van der Waals surface area contributed by atoms with Crippen LogP contribution in [0.3, 0.4) is 0 Å². The molecule has 2 heterocycles. The van der Waals surface area contributed by atoms with Crippen molar-refractivity contribution in [2.45, 2.75) is 0 Å². The van der Waals surface area contributed by atoms with Crippen molar-refractivity contribution in [3.05, 3.63) is 54.9 Å². The van der Waals surface area contributed by atoms with E-state index in [2.05, 4.69) is 9.17 Å². The van der Waals surface area contributed by atoms with E-state index >= 15 is 0 Å². The molecule has 0 spiro atoms. The Hall–Kier alpha value is -2.41. The van der Waals surface area contributed by atoms with E-state index in [1.165, 1.54) is 12.3 Å². The average Bonchev–Trinajstić information content (AvgIpc) is 2.81. The molecule has 0 fully saturated rings. The number of pyridine rings is 1. The molecule has 0 bridgehead atoms. The van der Waals surface area contributed by atoms with Crippen molar-refractivity contribution in [2.75, 3.05) is 0 Å². The summed E-state index contributed by atoms with van der Waals surface area (Å²) in [6, 6.07) is 12.4. The van der Waals surface area contributed by atoms with Crippen molar-refractivity contribution < 1.29 is 16.5 Å². The first-order valence-corrected chi connectivity index (χ1v) is 7.00. The standard InChI is InChI=1S/C13H9FN2O3S/c14-20(17,18)19-11-6-7-13-15-12(9-16(13)8-11)10-4-2-1-3-5-10/h1-9H. The Morgan fingerprint density at radius 3 is 2.50 bits per heavy atom. The lowest BCUT2D eigenvalue weighted by molar-refractivity contribution is 0.439. The molecule has 102 valence electrons. The summed E-state index contributed by atoms with van der Waals surface area (Å²) < 4.78 is 39.1. The zero-order valence-corrected chi connectivity index (χ0v) is 10.9. The second-order valence-corrected chi connectivity index (χ2v) is 5.05. The lowest BCUT2D eigenvalue weighted by Crippen LogP contribution is -2.01. The topological polar surface area (TPSA) is 60.7 Å². The van der Waals surface area contributed by atoms with E-state index in [4.69, 9.17) is 0 Å². The summed E-state index contributed by atoms with van der Waals surface area (Å²) in [5, 5.41) is 0. The van der Waals surface area contributed by atoms with Crippen LogP contribution in [0.15, 0.2) is 54.9 Å². The predicted molar refractivity (Wildman–Crippen MR) is 71.3 cm³/mol. The maximum absolute atomic E-state index is 12.5. The predicted octanol–water partition coefficient (Wildman–Crippen LogP) is 2.59. The summed E-state index contributed by atoms with van der Waals surface area (Å²) in [4.78, 5) is 4.38. The molecule has 5 nitrogen and oxygen atoms in total. The van der Waals surface area contributed by atoms with E-state index in [0.717, 1.165) is 11.3 Å². The van der Waals surface area contributed by atoms with Gasteiger partial charge in [-0.25, -0.2) is 4.98 Å². The number of halogens is 1. The Morgan fingerprint density at radius 2 is 1.80 bits per heavy atom. The van der Waals surface area contributed by atoms with E-state index in [-0.39, 0.29) is 5.75 Å². The molecule has 0 N–H and O–H groups in total. The third kappa shape index (κ3) is 2.62. The summed E-state index contributed by atoms with van der Waals surface area (Å²) in [5.41, 5.74) is 2.26. The fraction of sp³-hybridized carbons (Fsp3) is 0. The van der Waals surface area contributed by atoms with E-state index in [0.29, 0.717) is 5.65 Å². The van der Waals surface area contributed by atoms with Crippen LogP contribution < -0.4 is 4.18 Å². The van der Waals surface area contributed by atoms with Crippen LogP contribution in [0.4, 0.5) is 3.89 Å². The van der Waals surface area contributed by atoms with Gasteiger partial charge in [-0.3, -0.25) is 0 Å². The minimum absolute atomic E-state index is 0.114. The second-order valence-electron chi connectivity index (χ2n) is 4.10. The summed E-state index contributed by atoms with van der Waals surface area (Å²) in [6.07, 6.45) is 3.06. The molecule has 0 aliphatic rings. The van der Waals surface area contributed by atoms with Crippen LogP contribution in [0.2, 0.25) is 0 Å². The van der Waals surface area contributed by atoms with Gasteiger partial charge in [-0.2, -0.15) is 8.42 Å². The molecule has 7 heteroatoms. The van der Waals surface area contributed by atoms with Gasteiger partial charge in [0.2, 0.25) is 0 Å². The number of hydrogen-bond acceptors (Lipinski definition) is 4. The molecule has 0 unspecified atom stereocenters. The second kappa shape index (κ2) is 4.61. The molecule has 0 radical (unpaired) electrons. The minimum Gasteiger partial charge on any atom is -0.357 e. The maximum Gasteiger partial charge on any atom is 0.488 e. The summed E-state index contributed by atoms with van der Waals surface area (Å²) >= 11 is 0. The van der Waals surface area contributed by atoms with Crippen LogP contribution in [0.5, 0.6) is 5.75 Å². The van der Waals surface area contributed by atoms with Crippen molar-refractivity contribution in [3.8, 4) is 17.0 Å². The Morgan fingerprint density at radius 1 is 1.05 bits per heavy atom. The summed E-state index contributed by atoms with van der Waals surface area (Å²) in [5.74, 6) is -0.114. The highest BCUT2D eigenvalue weighted by Crippen LogP contribution is 2.21. The van der Waals surface area contributed by atoms with E-state index in [9.17, 15) is 12.3 Å². The van der Waals surface area contributed by atoms with Gasteiger partial charge in [0, 0.05) is 11.8 Å². The molecule has 3 rings (SSSR count). The number of rotatable bonds is 3. The molecule has 1 aromatic carbocycles. The molecule has 0 saturated carbocycles. The molecule has 20 heavy (non-hydrogen) atoms. The van der Waals surface area contributed by atoms with Crippen LogP contribution in [0, 0.1) is 0 Å². The number of fused-ring (bicyclic) bond motifs is 1. The molecule has 0 aliphatic heterocycles. The summed E-state index contributed by atoms with van der Waals surface area (Å²) in [6.45, 7) is 0. The molecule has 0 aliphatic carbocycles. The van der Waals surface area contributed by atoms with Crippen LogP contribution in [0.1, 0.15) is 0 Å². The molecule has 2 aromatic heterocycles. The van der Waals surface area contributed by atoms with Crippen LogP contribution in [-0.2, 0) is 10.5 Å². The van der Waals surface area contributed by atoms with Crippen molar-refractivity contribution >= 4 is 16.2 Å². The van der Waals surface area contributed by atoms with Gasteiger partial charge >= 0.3 is 10.5 Å². The van der Waals surface area contributed by atoms with Crippen molar-refractivity contribution in [1.82, 2.24) is 9.38 Å². The van der Waals surface area contributed by atoms with Gasteiger partial charge in [0.15, 0.2) is 5.75 Å². The first-order valence-electron chi connectivity index (χ1n) is 5.69. The molecular weight excluding hydrogens is 283 g/mol. The number of hydrogen-bond donors (Lipinski definition) is 0. The molecule has 0 saturated heterocycles. The maximum atomic E-state index is 12.5. The lowest BCUT2D eigenvalue weighted by atomic mass is 10.2. The number of aromatic nitrogens is 2. The fourth-order valence-corrected chi connectivity index (χ4v) is 2.21. The quantitative estimate of drug-likeness (QED) is 0.696. The highest BCUT2D eigenvalue weighted by Gasteiger charge is 2.11. The van der Waals surface area contributed by atoms with Crippen LogP contribution in [0.25, 0.3) is 16.9 Å². The highest BCUT2D eigenvalue weighted by molar-refractivity contribution is 7.81. The number of benzene rings is 1. The first-order chi connectivity index (χ1) is 9.51. The molecule has 0 amide bonds. The number of nitrogens with zero attached hydrogens (tertiary/aromatic N) is 2. The smallest absolute Gasteiger partial charge is 0.357 e. The largest absolute Gasteiger partial charge is 0.488 e. The minimum atomic E-state index is -5.02. The Labute approximate surface area is 114 Å². The molecular formula is C13H9FN2O3S. The van der Waals surface area contributed by atoms with Crippen LogP contribution in [-0.4, -0.2) is 17.8 Å². The normalized spacial score (nSPS) is 11.7. The molecule has 3 aromatic rings. The van der Waals surface area contributed by atoms with E-state index in [1.54, 1.807) is 16.7 Å². The fourth-order valence-electron chi connectivity index (χ4n) is 1.88. The highest BCUT2D eigenvalue weighted by atomic mass is 32.3. The van der Waals surface area contributed by atoms with Gasteiger partial charge in [-0.15, -0.1) is 0 Å². The monoisotopic (exact) mass is 292 g/mol.